The Morgan fingerprint density at radius 1 is 1.53 bits per heavy atom. The lowest BCUT2D eigenvalue weighted by Gasteiger charge is -2.36. The number of piperidine rings is 1. The van der Waals surface area contributed by atoms with Crippen LogP contribution in [0, 0.1) is 0 Å². The van der Waals surface area contributed by atoms with Crippen molar-refractivity contribution in [1.82, 2.24) is 4.90 Å². The van der Waals surface area contributed by atoms with Gasteiger partial charge in [-0.15, -0.1) is 0 Å². The molecule has 5 heteroatoms. The van der Waals surface area contributed by atoms with Crippen molar-refractivity contribution in [2.24, 2.45) is 0 Å². The number of aliphatic hydroxyl groups excluding tert-OH is 1. The van der Waals surface area contributed by atoms with Crippen molar-refractivity contribution >= 4 is 23.0 Å². The number of likely N-dealkylation sites (tertiary alicyclic amines) is 1. The molecule has 2 rings (SSSR count). The lowest BCUT2D eigenvalue weighted by Crippen LogP contribution is -2.47. The highest BCUT2D eigenvalue weighted by Gasteiger charge is 2.23. The van der Waals surface area contributed by atoms with Gasteiger partial charge in [-0.1, -0.05) is 6.07 Å². The number of benzene rings is 1. The van der Waals surface area contributed by atoms with E-state index < -0.39 is 0 Å². The number of hydrogen-bond donors (Lipinski definition) is 2. The van der Waals surface area contributed by atoms with Gasteiger partial charge in [0, 0.05) is 18.3 Å². The molecule has 0 radical (unpaired) electrons. The SMILES string of the molecule is COc1cccc(NC(=S)N2CCCCC2CO)c1. The molecule has 0 bridgehead atoms. The van der Waals surface area contributed by atoms with Crippen LogP contribution in [0.3, 0.4) is 0 Å². The molecule has 0 amide bonds. The summed E-state index contributed by atoms with van der Waals surface area (Å²) in [5.41, 5.74) is 0.909. The zero-order valence-corrected chi connectivity index (χ0v) is 11.9. The first-order valence-corrected chi connectivity index (χ1v) is 6.98. The standard InChI is InChI=1S/C14H20N2O2S/c1-18-13-7-4-5-11(9-13)15-14(19)16-8-3-2-6-12(16)10-17/h4-5,7,9,12,17H,2-3,6,8,10H2,1H3,(H,15,19). The Hall–Kier alpha value is -1.33. The maximum atomic E-state index is 9.41. The molecule has 0 aliphatic carbocycles. The zero-order valence-electron chi connectivity index (χ0n) is 11.1. The number of thiocarbonyl (C=S) groups is 1. The monoisotopic (exact) mass is 280 g/mol. The molecule has 0 aromatic heterocycles. The van der Waals surface area contributed by atoms with Crippen LogP contribution in [0.25, 0.3) is 0 Å². The second-order valence-electron chi connectivity index (χ2n) is 4.69. The minimum atomic E-state index is 0.138. The molecule has 1 atom stereocenters. The predicted octanol–water partition coefficient (Wildman–Crippen LogP) is 2.24. The first-order valence-electron chi connectivity index (χ1n) is 6.57. The summed E-state index contributed by atoms with van der Waals surface area (Å²) in [6.45, 7) is 1.06. The molecule has 1 fully saturated rings. The van der Waals surface area contributed by atoms with E-state index >= 15 is 0 Å². The number of aliphatic hydroxyl groups is 1. The smallest absolute Gasteiger partial charge is 0.173 e. The van der Waals surface area contributed by atoms with E-state index in [0.717, 1.165) is 37.2 Å². The average Bonchev–Trinajstić information content (AvgIpc) is 2.47. The average molecular weight is 280 g/mol. The summed E-state index contributed by atoms with van der Waals surface area (Å²) >= 11 is 5.44. The highest BCUT2D eigenvalue weighted by atomic mass is 32.1. The van der Waals surface area contributed by atoms with Crippen LogP contribution >= 0.6 is 12.2 Å². The molecule has 1 unspecified atom stereocenters. The van der Waals surface area contributed by atoms with Crippen molar-refractivity contribution < 1.29 is 9.84 Å². The predicted molar refractivity (Wildman–Crippen MR) is 80.6 cm³/mol. The molecule has 1 aliphatic rings. The normalized spacial score (nSPS) is 19.1. The third-order valence-electron chi connectivity index (χ3n) is 3.42. The van der Waals surface area contributed by atoms with Gasteiger partial charge in [-0.25, -0.2) is 0 Å². The quantitative estimate of drug-likeness (QED) is 0.831. The van der Waals surface area contributed by atoms with Gasteiger partial charge in [-0.05, 0) is 43.6 Å². The van der Waals surface area contributed by atoms with E-state index in [1.807, 2.05) is 24.3 Å². The zero-order chi connectivity index (χ0) is 13.7. The number of ether oxygens (including phenoxy) is 1. The fourth-order valence-corrected chi connectivity index (χ4v) is 2.71. The Bertz CT molecular complexity index is 439. The highest BCUT2D eigenvalue weighted by molar-refractivity contribution is 7.80. The van der Waals surface area contributed by atoms with E-state index in [9.17, 15) is 5.11 Å². The Kier molecular flexibility index (Phi) is 4.99. The third-order valence-corrected chi connectivity index (χ3v) is 3.76. The fourth-order valence-electron chi connectivity index (χ4n) is 2.35. The third kappa shape index (κ3) is 3.58. The molecular formula is C14H20N2O2S. The molecule has 1 aliphatic heterocycles. The van der Waals surface area contributed by atoms with Gasteiger partial charge in [0.1, 0.15) is 5.75 Å². The van der Waals surface area contributed by atoms with Gasteiger partial charge in [-0.2, -0.15) is 0 Å². The van der Waals surface area contributed by atoms with Crippen LogP contribution in [-0.4, -0.2) is 41.4 Å². The number of anilines is 1. The van der Waals surface area contributed by atoms with Gasteiger partial charge in [0.05, 0.1) is 19.8 Å². The van der Waals surface area contributed by atoms with Crippen molar-refractivity contribution in [3.8, 4) is 5.75 Å². The van der Waals surface area contributed by atoms with Crippen LogP contribution in [-0.2, 0) is 0 Å². The van der Waals surface area contributed by atoms with Crippen LogP contribution in [0.1, 0.15) is 19.3 Å². The second kappa shape index (κ2) is 6.73. The molecule has 0 saturated carbocycles. The van der Waals surface area contributed by atoms with Gasteiger partial charge >= 0.3 is 0 Å². The van der Waals surface area contributed by atoms with Crippen molar-refractivity contribution in [3.05, 3.63) is 24.3 Å². The summed E-state index contributed by atoms with van der Waals surface area (Å²) in [6.07, 6.45) is 3.27. The molecule has 1 aromatic rings. The van der Waals surface area contributed by atoms with E-state index in [0.29, 0.717) is 5.11 Å². The van der Waals surface area contributed by atoms with Gasteiger partial charge in [0.15, 0.2) is 5.11 Å². The minimum Gasteiger partial charge on any atom is -0.497 e. The highest BCUT2D eigenvalue weighted by Crippen LogP contribution is 2.20. The summed E-state index contributed by atoms with van der Waals surface area (Å²) in [5, 5.41) is 13.3. The molecule has 1 heterocycles. The number of nitrogens with one attached hydrogen (secondary N) is 1. The van der Waals surface area contributed by atoms with Gasteiger partial charge in [-0.3, -0.25) is 0 Å². The Balaban J connectivity index is 2.02. The van der Waals surface area contributed by atoms with Crippen LogP contribution in [0.5, 0.6) is 5.75 Å². The molecule has 2 N–H and O–H groups in total. The second-order valence-corrected chi connectivity index (χ2v) is 5.07. The van der Waals surface area contributed by atoms with E-state index in [2.05, 4.69) is 10.2 Å². The molecule has 0 spiro atoms. The number of nitrogens with zero attached hydrogens (tertiary/aromatic N) is 1. The summed E-state index contributed by atoms with van der Waals surface area (Å²) in [4.78, 5) is 2.08. The van der Waals surface area contributed by atoms with Gasteiger partial charge in [0.25, 0.3) is 0 Å². The van der Waals surface area contributed by atoms with Crippen LogP contribution in [0.2, 0.25) is 0 Å². The van der Waals surface area contributed by atoms with Crippen LogP contribution < -0.4 is 10.1 Å². The largest absolute Gasteiger partial charge is 0.497 e. The first-order chi connectivity index (χ1) is 9.24. The fraction of sp³-hybridized carbons (Fsp3) is 0.500. The lowest BCUT2D eigenvalue weighted by molar-refractivity contribution is 0.149. The lowest BCUT2D eigenvalue weighted by atomic mass is 10.0. The van der Waals surface area contributed by atoms with Crippen molar-refractivity contribution in [2.75, 3.05) is 25.6 Å². The van der Waals surface area contributed by atoms with E-state index in [1.165, 1.54) is 0 Å². The van der Waals surface area contributed by atoms with Crippen molar-refractivity contribution in [2.45, 2.75) is 25.3 Å². The number of methoxy groups -OCH3 is 1. The van der Waals surface area contributed by atoms with E-state index in [4.69, 9.17) is 17.0 Å². The number of rotatable bonds is 3. The molecule has 1 aromatic carbocycles. The molecule has 4 nitrogen and oxygen atoms in total. The Labute approximate surface area is 119 Å². The van der Waals surface area contributed by atoms with E-state index in [-0.39, 0.29) is 12.6 Å². The molecular weight excluding hydrogens is 260 g/mol. The van der Waals surface area contributed by atoms with Gasteiger partial charge < -0.3 is 20.1 Å². The van der Waals surface area contributed by atoms with Crippen molar-refractivity contribution in [3.63, 3.8) is 0 Å². The Morgan fingerprint density at radius 3 is 3.11 bits per heavy atom. The minimum absolute atomic E-state index is 0.138. The molecule has 104 valence electrons. The number of hydrogen-bond acceptors (Lipinski definition) is 3. The molecule has 1 saturated heterocycles. The maximum Gasteiger partial charge on any atom is 0.173 e. The van der Waals surface area contributed by atoms with Gasteiger partial charge in [0.2, 0.25) is 0 Å². The first kappa shape index (κ1) is 14.1. The summed E-state index contributed by atoms with van der Waals surface area (Å²) < 4.78 is 5.19. The maximum absolute atomic E-state index is 9.41. The summed E-state index contributed by atoms with van der Waals surface area (Å²) in [7, 11) is 1.64. The van der Waals surface area contributed by atoms with E-state index in [1.54, 1.807) is 7.11 Å². The molecule has 19 heavy (non-hydrogen) atoms. The van der Waals surface area contributed by atoms with Crippen LogP contribution in [0.4, 0.5) is 5.69 Å². The van der Waals surface area contributed by atoms with Crippen molar-refractivity contribution in [1.29, 1.82) is 0 Å². The Morgan fingerprint density at radius 2 is 2.37 bits per heavy atom. The topological polar surface area (TPSA) is 44.7 Å². The van der Waals surface area contributed by atoms with Crippen LogP contribution in [0.15, 0.2) is 24.3 Å². The summed E-state index contributed by atoms with van der Waals surface area (Å²) in [6, 6.07) is 7.81. The summed E-state index contributed by atoms with van der Waals surface area (Å²) in [5.74, 6) is 0.796.